The van der Waals surface area contributed by atoms with Gasteiger partial charge in [0, 0.05) is 6.42 Å². The second-order valence-electron chi connectivity index (χ2n) is 4.48. The molecule has 0 aromatic heterocycles. The SMILES string of the molecule is CC(C#N)NC(=O)CC1CCCCCC1. The molecular weight excluding hydrogens is 188 g/mol. The van der Waals surface area contributed by atoms with Gasteiger partial charge in [-0.2, -0.15) is 5.26 Å². The molecule has 3 nitrogen and oxygen atoms in total. The van der Waals surface area contributed by atoms with Gasteiger partial charge in [0.15, 0.2) is 0 Å². The van der Waals surface area contributed by atoms with Gasteiger partial charge in [0.1, 0.15) is 6.04 Å². The predicted molar refractivity (Wildman–Crippen MR) is 59.0 cm³/mol. The maximum atomic E-state index is 11.5. The Kier molecular flexibility index (Phi) is 5.17. The summed E-state index contributed by atoms with van der Waals surface area (Å²) in [6, 6.07) is 1.66. The molecule has 1 saturated carbocycles. The largest absolute Gasteiger partial charge is 0.341 e. The van der Waals surface area contributed by atoms with Gasteiger partial charge < -0.3 is 5.32 Å². The molecule has 1 N–H and O–H groups in total. The highest BCUT2D eigenvalue weighted by molar-refractivity contribution is 5.76. The monoisotopic (exact) mass is 208 g/mol. The number of carbonyl (C=O) groups excluding carboxylic acids is 1. The van der Waals surface area contributed by atoms with Crippen LogP contribution in [0.3, 0.4) is 0 Å². The van der Waals surface area contributed by atoms with Crippen LogP contribution in [0.15, 0.2) is 0 Å². The summed E-state index contributed by atoms with van der Waals surface area (Å²) in [6.07, 6.45) is 8.09. The molecule has 3 heteroatoms. The Labute approximate surface area is 91.9 Å². The van der Waals surface area contributed by atoms with Crippen LogP contribution in [0.1, 0.15) is 51.9 Å². The molecule has 0 bridgehead atoms. The fraction of sp³-hybridized carbons (Fsp3) is 0.833. The fourth-order valence-electron chi connectivity index (χ4n) is 2.16. The molecular formula is C12H20N2O. The average molecular weight is 208 g/mol. The minimum absolute atomic E-state index is 0.0379. The minimum atomic E-state index is -0.358. The first-order chi connectivity index (χ1) is 7.22. The third kappa shape index (κ3) is 4.83. The molecule has 1 fully saturated rings. The van der Waals surface area contributed by atoms with Crippen LogP contribution >= 0.6 is 0 Å². The fourth-order valence-corrected chi connectivity index (χ4v) is 2.16. The van der Waals surface area contributed by atoms with Gasteiger partial charge in [-0.3, -0.25) is 4.79 Å². The van der Waals surface area contributed by atoms with Crippen molar-refractivity contribution in [2.45, 2.75) is 57.9 Å². The molecule has 0 aliphatic heterocycles. The van der Waals surface area contributed by atoms with Crippen molar-refractivity contribution in [1.29, 1.82) is 5.26 Å². The third-order valence-corrected chi connectivity index (χ3v) is 3.02. The highest BCUT2D eigenvalue weighted by atomic mass is 16.1. The molecule has 0 spiro atoms. The number of hydrogen-bond acceptors (Lipinski definition) is 2. The van der Waals surface area contributed by atoms with Crippen LogP contribution in [0.25, 0.3) is 0 Å². The Bertz CT molecular complexity index is 236. The molecule has 1 aliphatic carbocycles. The van der Waals surface area contributed by atoms with Crippen molar-refractivity contribution in [3.63, 3.8) is 0 Å². The first kappa shape index (κ1) is 12.0. The lowest BCUT2D eigenvalue weighted by Crippen LogP contribution is -2.32. The van der Waals surface area contributed by atoms with Gasteiger partial charge >= 0.3 is 0 Å². The number of nitriles is 1. The summed E-state index contributed by atoms with van der Waals surface area (Å²) >= 11 is 0. The number of amides is 1. The molecule has 0 saturated heterocycles. The van der Waals surface area contributed by atoms with Crippen molar-refractivity contribution in [3.05, 3.63) is 0 Å². The molecule has 0 aromatic carbocycles. The second kappa shape index (κ2) is 6.44. The van der Waals surface area contributed by atoms with Gasteiger partial charge in [-0.1, -0.05) is 25.7 Å². The highest BCUT2D eigenvalue weighted by Gasteiger charge is 2.16. The van der Waals surface area contributed by atoms with Crippen LogP contribution in [0.4, 0.5) is 0 Å². The van der Waals surface area contributed by atoms with Gasteiger partial charge in [-0.25, -0.2) is 0 Å². The van der Waals surface area contributed by atoms with Crippen molar-refractivity contribution < 1.29 is 4.79 Å². The zero-order valence-electron chi connectivity index (χ0n) is 9.46. The van der Waals surface area contributed by atoms with Crippen LogP contribution in [0.5, 0.6) is 0 Å². The highest BCUT2D eigenvalue weighted by Crippen LogP contribution is 2.25. The van der Waals surface area contributed by atoms with Crippen LogP contribution in [-0.4, -0.2) is 11.9 Å². The predicted octanol–water partition coefficient (Wildman–Crippen LogP) is 2.38. The molecule has 1 atom stereocenters. The second-order valence-corrected chi connectivity index (χ2v) is 4.48. The minimum Gasteiger partial charge on any atom is -0.341 e. The average Bonchev–Trinajstić information content (AvgIpc) is 2.46. The lowest BCUT2D eigenvalue weighted by Gasteiger charge is -2.14. The summed E-state index contributed by atoms with van der Waals surface area (Å²) in [7, 11) is 0. The number of carbonyl (C=O) groups is 1. The molecule has 1 amide bonds. The van der Waals surface area contributed by atoms with Crippen molar-refractivity contribution >= 4 is 5.91 Å². The van der Waals surface area contributed by atoms with Gasteiger partial charge in [-0.15, -0.1) is 0 Å². The summed E-state index contributed by atoms with van der Waals surface area (Å²) in [5, 5.41) is 11.3. The number of hydrogen-bond donors (Lipinski definition) is 1. The van der Waals surface area contributed by atoms with Crippen molar-refractivity contribution in [3.8, 4) is 6.07 Å². The van der Waals surface area contributed by atoms with Gasteiger partial charge in [0.2, 0.25) is 5.91 Å². The molecule has 1 unspecified atom stereocenters. The van der Waals surface area contributed by atoms with E-state index in [0.717, 1.165) is 0 Å². The van der Waals surface area contributed by atoms with E-state index in [1.54, 1.807) is 6.92 Å². The maximum absolute atomic E-state index is 11.5. The Hall–Kier alpha value is -1.04. The summed E-state index contributed by atoms with van der Waals surface area (Å²) in [6.45, 7) is 1.71. The summed E-state index contributed by atoms with van der Waals surface area (Å²) < 4.78 is 0. The van der Waals surface area contributed by atoms with Crippen LogP contribution < -0.4 is 5.32 Å². The third-order valence-electron chi connectivity index (χ3n) is 3.02. The number of nitrogens with zero attached hydrogens (tertiary/aromatic N) is 1. The first-order valence-electron chi connectivity index (χ1n) is 5.91. The quantitative estimate of drug-likeness (QED) is 0.724. The summed E-state index contributed by atoms with van der Waals surface area (Å²) in [5.41, 5.74) is 0. The van der Waals surface area contributed by atoms with E-state index >= 15 is 0 Å². The topological polar surface area (TPSA) is 52.9 Å². The van der Waals surface area contributed by atoms with Crippen molar-refractivity contribution in [1.82, 2.24) is 5.32 Å². The Morgan fingerprint density at radius 2 is 2.00 bits per heavy atom. The number of rotatable bonds is 3. The van der Waals surface area contributed by atoms with Gasteiger partial charge in [0.05, 0.1) is 6.07 Å². The van der Waals surface area contributed by atoms with E-state index in [4.69, 9.17) is 5.26 Å². The maximum Gasteiger partial charge on any atom is 0.221 e. The van der Waals surface area contributed by atoms with Crippen LogP contribution in [0, 0.1) is 17.2 Å². The van der Waals surface area contributed by atoms with E-state index in [0.29, 0.717) is 12.3 Å². The van der Waals surface area contributed by atoms with E-state index in [9.17, 15) is 4.79 Å². The normalized spacial score (nSPS) is 20.0. The first-order valence-corrected chi connectivity index (χ1v) is 5.91. The lowest BCUT2D eigenvalue weighted by molar-refractivity contribution is -0.122. The Morgan fingerprint density at radius 3 is 2.53 bits per heavy atom. The lowest BCUT2D eigenvalue weighted by atomic mass is 9.96. The van der Waals surface area contributed by atoms with E-state index in [2.05, 4.69) is 5.32 Å². The van der Waals surface area contributed by atoms with E-state index in [-0.39, 0.29) is 11.9 Å². The molecule has 1 rings (SSSR count). The van der Waals surface area contributed by atoms with Crippen LogP contribution in [-0.2, 0) is 4.79 Å². The molecule has 15 heavy (non-hydrogen) atoms. The zero-order valence-corrected chi connectivity index (χ0v) is 9.46. The zero-order chi connectivity index (χ0) is 11.1. The molecule has 1 aliphatic rings. The van der Waals surface area contributed by atoms with Gasteiger partial charge in [0.25, 0.3) is 0 Å². The Morgan fingerprint density at radius 1 is 1.40 bits per heavy atom. The van der Waals surface area contributed by atoms with E-state index in [1.807, 2.05) is 6.07 Å². The van der Waals surface area contributed by atoms with E-state index in [1.165, 1.54) is 38.5 Å². The summed E-state index contributed by atoms with van der Waals surface area (Å²) in [5.74, 6) is 0.578. The molecule has 0 aromatic rings. The van der Waals surface area contributed by atoms with Crippen molar-refractivity contribution in [2.75, 3.05) is 0 Å². The number of nitrogens with one attached hydrogen (secondary N) is 1. The molecule has 0 radical (unpaired) electrons. The summed E-state index contributed by atoms with van der Waals surface area (Å²) in [4.78, 5) is 11.5. The van der Waals surface area contributed by atoms with Crippen LogP contribution in [0.2, 0.25) is 0 Å². The molecule has 84 valence electrons. The standard InChI is InChI=1S/C12H20N2O/c1-10(9-13)14-12(15)8-11-6-4-2-3-5-7-11/h10-11H,2-8H2,1H3,(H,14,15). The van der Waals surface area contributed by atoms with Crippen molar-refractivity contribution in [2.24, 2.45) is 5.92 Å². The Balaban J connectivity index is 2.27. The smallest absolute Gasteiger partial charge is 0.221 e. The van der Waals surface area contributed by atoms with E-state index < -0.39 is 0 Å². The molecule has 0 heterocycles. The van der Waals surface area contributed by atoms with Gasteiger partial charge in [-0.05, 0) is 25.7 Å².